The van der Waals surface area contributed by atoms with Crippen molar-refractivity contribution in [3.63, 3.8) is 0 Å². The minimum absolute atomic E-state index is 0.178. The van der Waals surface area contributed by atoms with Crippen molar-refractivity contribution < 1.29 is 28.7 Å². The lowest BCUT2D eigenvalue weighted by molar-refractivity contribution is -0.168. The van der Waals surface area contributed by atoms with Gasteiger partial charge in [-0.25, -0.2) is 14.8 Å². The normalized spacial score (nSPS) is 20.2. The third-order valence-electron chi connectivity index (χ3n) is 3.92. The molecule has 0 aromatic heterocycles. The average molecular weight is 395 g/mol. The van der Waals surface area contributed by atoms with Gasteiger partial charge in [0, 0.05) is 6.92 Å². The molecule has 0 aromatic carbocycles. The van der Waals surface area contributed by atoms with Crippen LogP contribution in [0.15, 0.2) is 0 Å². The first-order valence-corrected chi connectivity index (χ1v) is 9.15. The van der Waals surface area contributed by atoms with Crippen molar-refractivity contribution in [3.8, 4) is 12.3 Å². The number of carbonyl (C=O) groups is 4. The molecule has 1 rings (SSSR count). The predicted molar refractivity (Wildman–Crippen MR) is 100 cm³/mol. The molecule has 3 amide bonds. The van der Waals surface area contributed by atoms with Crippen LogP contribution in [0.5, 0.6) is 0 Å². The highest BCUT2D eigenvalue weighted by Gasteiger charge is 2.44. The summed E-state index contributed by atoms with van der Waals surface area (Å²) in [5.74, 6) is 0.809. The van der Waals surface area contributed by atoms with Crippen LogP contribution in [0.2, 0.25) is 0 Å². The zero-order valence-electron chi connectivity index (χ0n) is 17.3. The van der Waals surface area contributed by atoms with Crippen molar-refractivity contribution in [1.29, 1.82) is 0 Å². The van der Waals surface area contributed by atoms with E-state index < -0.39 is 47.6 Å². The summed E-state index contributed by atoms with van der Waals surface area (Å²) in [4.78, 5) is 49.0. The molecular formula is C19H29N3O6. The highest BCUT2D eigenvalue weighted by atomic mass is 16.6. The van der Waals surface area contributed by atoms with Crippen LogP contribution in [0.4, 0.5) is 4.79 Å². The molecule has 0 unspecified atom stereocenters. The van der Waals surface area contributed by atoms with E-state index in [9.17, 15) is 19.2 Å². The summed E-state index contributed by atoms with van der Waals surface area (Å²) >= 11 is 0. The number of hydrazine groups is 1. The molecule has 0 aliphatic carbocycles. The quantitative estimate of drug-likeness (QED) is 0.535. The van der Waals surface area contributed by atoms with E-state index in [1.807, 2.05) is 0 Å². The number of alkyl carbamates (subject to hydrolysis) is 1. The third-order valence-corrected chi connectivity index (χ3v) is 3.92. The van der Waals surface area contributed by atoms with E-state index in [0.29, 0.717) is 0 Å². The zero-order valence-corrected chi connectivity index (χ0v) is 17.3. The van der Waals surface area contributed by atoms with Crippen molar-refractivity contribution >= 4 is 23.9 Å². The first-order valence-electron chi connectivity index (χ1n) is 9.15. The number of hydrogen-bond donors (Lipinski definition) is 1. The van der Waals surface area contributed by atoms with Gasteiger partial charge in [-0.3, -0.25) is 14.4 Å². The Kier molecular flexibility index (Phi) is 7.85. The standard InChI is InChI=1S/C19H29N3O6/c1-8-14(11-16(24)27-9-2)22(13(4)23)21-12(3)10-15(17(21)25)20-18(26)28-19(5,6)7/h1,12,14-15H,9-11H2,2-7H3,(H,20,26)/t12-,14-,15+/m1/s1. The van der Waals surface area contributed by atoms with Gasteiger partial charge in [-0.2, -0.15) is 0 Å². The molecule has 1 aliphatic heterocycles. The van der Waals surface area contributed by atoms with Gasteiger partial charge in [0.25, 0.3) is 5.91 Å². The maximum atomic E-state index is 12.9. The Bertz CT molecular complexity index is 664. The highest BCUT2D eigenvalue weighted by molar-refractivity contribution is 5.90. The topological polar surface area (TPSA) is 105 Å². The van der Waals surface area contributed by atoms with E-state index in [1.165, 1.54) is 11.9 Å². The molecule has 9 heteroatoms. The summed E-state index contributed by atoms with van der Waals surface area (Å²) in [5, 5.41) is 4.81. The first kappa shape index (κ1) is 23.3. The van der Waals surface area contributed by atoms with Gasteiger partial charge >= 0.3 is 12.1 Å². The summed E-state index contributed by atoms with van der Waals surface area (Å²) in [5.41, 5.74) is -0.712. The third kappa shape index (κ3) is 6.15. The second-order valence-corrected chi connectivity index (χ2v) is 7.52. The first-order chi connectivity index (χ1) is 12.9. The fraction of sp³-hybridized carbons (Fsp3) is 0.684. The minimum Gasteiger partial charge on any atom is -0.466 e. The molecule has 0 radical (unpaired) electrons. The van der Waals surface area contributed by atoms with Crippen LogP contribution in [0, 0.1) is 12.3 Å². The highest BCUT2D eigenvalue weighted by Crippen LogP contribution is 2.24. The Balaban J connectivity index is 2.99. The molecule has 1 fully saturated rings. The Labute approximate surface area is 165 Å². The number of hydrogen-bond acceptors (Lipinski definition) is 6. The smallest absolute Gasteiger partial charge is 0.408 e. The molecule has 28 heavy (non-hydrogen) atoms. The van der Waals surface area contributed by atoms with Crippen molar-refractivity contribution in [2.75, 3.05) is 6.61 Å². The van der Waals surface area contributed by atoms with Gasteiger partial charge in [-0.15, -0.1) is 6.42 Å². The SMILES string of the molecule is C#C[C@H](CC(=O)OCC)N(C(C)=O)N1C(=O)[C@@H](NC(=O)OC(C)(C)C)C[C@H]1C. The molecule has 1 aliphatic rings. The van der Waals surface area contributed by atoms with Crippen LogP contribution in [0.3, 0.4) is 0 Å². The van der Waals surface area contributed by atoms with Gasteiger partial charge in [-0.05, 0) is 41.0 Å². The van der Waals surface area contributed by atoms with Crippen LogP contribution in [0.25, 0.3) is 0 Å². The summed E-state index contributed by atoms with van der Waals surface area (Å²) < 4.78 is 10.1. The lowest BCUT2D eigenvalue weighted by atomic mass is 10.2. The number of amides is 3. The van der Waals surface area contributed by atoms with Gasteiger partial charge in [-0.1, -0.05) is 5.92 Å². The lowest BCUT2D eigenvalue weighted by Gasteiger charge is -2.37. The van der Waals surface area contributed by atoms with Gasteiger partial charge in [0.15, 0.2) is 0 Å². The van der Waals surface area contributed by atoms with Crippen LogP contribution in [-0.2, 0) is 23.9 Å². The minimum atomic E-state index is -0.983. The van der Waals surface area contributed by atoms with Crippen molar-refractivity contribution in [3.05, 3.63) is 0 Å². The van der Waals surface area contributed by atoms with E-state index >= 15 is 0 Å². The number of ether oxygens (including phenoxy) is 2. The van der Waals surface area contributed by atoms with Crippen LogP contribution in [-0.4, -0.2) is 64.2 Å². The number of rotatable bonds is 6. The van der Waals surface area contributed by atoms with E-state index in [2.05, 4.69) is 11.2 Å². The second kappa shape index (κ2) is 9.44. The Morgan fingerprint density at radius 3 is 2.46 bits per heavy atom. The number of nitrogens with zero attached hydrogens (tertiary/aromatic N) is 2. The van der Waals surface area contributed by atoms with Crippen LogP contribution < -0.4 is 5.32 Å². The Hall–Kier alpha value is -2.76. The van der Waals surface area contributed by atoms with Gasteiger partial charge in [0.05, 0.1) is 19.1 Å². The van der Waals surface area contributed by atoms with Crippen molar-refractivity contribution in [2.24, 2.45) is 0 Å². The molecule has 3 atom stereocenters. The Morgan fingerprint density at radius 2 is 2.00 bits per heavy atom. The van der Waals surface area contributed by atoms with E-state index in [1.54, 1.807) is 34.6 Å². The molecular weight excluding hydrogens is 366 g/mol. The molecule has 0 saturated carbocycles. The summed E-state index contributed by atoms with van der Waals surface area (Å²) in [7, 11) is 0. The fourth-order valence-electron chi connectivity index (χ4n) is 2.92. The maximum Gasteiger partial charge on any atom is 0.408 e. The molecule has 9 nitrogen and oxygen atoms in total. The molecule has 0 aromatic rings. The number of esters is 1. The number of carbonyl (C=O) groups excluding carboxylic acids is 4. The average Bonchev–Trinajstić information content (AvgIpc) is 2.79. The second-order valence-electron chi connectivity index (χ2n) is 7.52. The molecule has 1 N–H and O–H groups in total. The van der Waals surface area contributed by atoms with Gasteiger partial charge in [0.2, 0.25) is 5.91 Å². The van der Waals surface area contributed by atoms with E-state index in [4.69, 9.17) is 15.9 Å². The van der Waals surface area contributed by atoms with Crippen molar-refractivity contribution in [2.45, 2.75) is 78.1 Å². The molecule has 1 heterocycles. The summed E-state index contributed by atoms with van der Waals surface area (Å²) in [6.07, 6.45) is 4.81. The van der Waals surface area contributed by atoms with Gasteiger partial charge in [0.1, 0.15) is 17.7 Å². The molecule has 0 spiro atoms. The molecule has 0 bridgehead atoms. The zero-order chi connectivity index (χ0) is 21.6. The molecule has 1 saturated heterocycles. The van der Waals surface area contributed by atoms with E-state index in [-0.39, 0.29) is 19.4 Å². The van der Waals surface area contributed by atoms with E-state index in [0.717, 1.165) is 5.01 Å². The van der Waals surface area contributed by atoms with Crippen LogP contribution in [0.1, 0.15) is 54.4 Å². The maximum absolute atomic E-state index is 12.9. The lowest BCUT2D eigenvalue weighted by Crippen LogP contribution is -2.56. The summed E-state index contributed by atoms with van der Waals surface area (Å²) in [6.45, 7) is 9.95. The van der Waals surface area contributed by atoms with Crippen molar-refractivity contribution in [1.82, 2.24) is 15.3 Å². The molecule has 156 valence electrons. The fourth-order valence-corrected chi connectivity index (χ4v) is 2.92. The number of nitrogens with one attached hydrogen (secondary N) is 1. The Morgan fingerprint density at radius 1 is 1.39 bits per heavy atom. The number of terminal acetylenes is 1. The monoisotopic (exact) mass is 395 g/mol. The predicted octanol–water partition coefficient (Wildman–Crippen LogP) is 1.22. The summed E-state index contributed by atoms with van der Waals surface area (Å²) in [6, 6.07) is -2.27. The van der Waals surface area contributed by atoms with Crippen LogP contribution >= 0.6 is 0 Å². The largest absolute Gasteiger partial charge is 0.466 e. The van der Waals surface area contributed by atoms with Gasteiger partial charge < -0.3 is 14.8 Å².